The Morgan fingerprint density at radius 2 is 1.76 bits per heavy atom. The third kappa shape index (κ3) is 4.17. The van der Waals surface area contributed by atoms with Gasteiger partial charge in [0.2, 0.25) is 0 Å². The van der Waals surface area contributed by atoms with Crippen molar-refractivity contribution in [1.82, 2.24) is 14.9 Å². The van der Waals surface area contributed by atoms with Crippen LogP contribution in [0.1, 0.15) is 50.9 Å². The second-order valence-electron chi connectivity index (χ2n) is 6.69. The van der Waals surface area contributed by atoms with E-state index in [4.69, 9.17) is 16.3 Å². The average Bonchev–Trinajstić information content (AvgIpc) is 3.01. The summed E-state index contributed by atoms with van der Waals surface area (Å²) in [5.74, 6) is 0.0198. The van der Waals surface area contributed by atoms with Crippen LogP contribution in [0.15, 0.2) is 48.5 Å². The van der Waals surface area contributed by atoms with Crippen LogP contribution in [0.3, 0.4) is 0 Å². The Morgan fingerprint density at radius 3 is 2.38 bits per heavy atom. The van der Waals surface area contributed by atoms with E-state index in [9.17, 15) is 9.59 Å². The zero-order chi connectivity index (χ0) is 21.1. The van der Waals surface area contributed by atoms with E-state index < -0.39 is 5.97 Å². The van der Waals surface area contributed by atoms with Crippen molar-refractivity contribution in [3.63, 3.8) is 0 Å². The Kier molecular flexibility index (Phi) is 6.03. The molecular formula is C22H22ClN3O3. The molecule has 1 aromatic heterocycles. The Bertz CT molecular complexity index is 1060. The van der Waals surface area contributed by atoms with Gasteiger partial charge in [-0.05, 0) is 50.6 Å². The molecule has 0 saturated carbocycles. The molecule has 0 bridgehead atoms. The fraction of sp³-hybridized carbons (Fsp3) is 0.227. The van der Waals surface area contributed by atoms with E-state index in [1.807, 2.05) is 32.0 Å². The van der Waals surface area contributed by atoms with Gasteiger partial charge in [0.25, 0.3) is 5.91 Å². The van der Waals surface area contributed by atoms with E-state index in [2.05, 4.69) is 10.3 Å². The molecule has 0 radical (unpaired) electrons. The second kappa shape index (κ2) is 8.49. The molecule has 0 fully saturated rings. The van der Waals surface area contributed by atoms with Crippen molar-refractivity contribution in [3.05, 3.63) is 81.9 Å². The van der Waals surface area contributed by atoms with Crippen LogP contribution >= 0.6 is 11.6 Å². The molecule has 1 N–H and O–H groups in total. The lowest BCUT2D eigenvalue weighted by molar-refractivity contribution is 0.0600. The lowest BCUT2D eigenvalue weighted by Crippen LogP contribution is -2.29. The summed E-state index contributed by atoms with van der Waals surface area (Å²) in [7, 11) is 1.34. The van der Waals surface area contributed by atoms with Crippen molar-refractivity contribution in [1.29, 1.82) is 0 Å². The van der Waals surface area contributed by atoms with Crippen LogP contribution in [-0.4, -0.2) is 28.5 Å². The van der Waals surface area contributed by atoms with Crippen molar-refractivity contribution in [2.24, 2.45) is 0 Å². The Morgan fingerprint density at radius 1 is 1.10 bits per heavy atom. The summed E-state index contributed by atoms with van der Waals surface area (Å²) in [5, 5.41) is 3.54. The molecule has 0 aliphatic heterocycles. The number of aromatic nitrogens is 2. The number of ether oxygens (including phenoxy) is 1. The number of imidazole rings is 1. The lowest BCUT2D eigenvalue weighted by atomic mass is 10.1. The lowest BCUT2D eigenvalue weighted by Gasteiger charge is -2.17. The SMILES string of the molecule is COC(=O)c1ccc([C@H](C)NC(=O)c2c(C)nc(C)n2-c2ccccc2Cl)cc1. The first kappa shape index (κ1) is 20.6. The molecule has 3 rings (SSSR count). The average molecular weight is 412 g/mol. The van der Waals surface area contributed by atoms with Gasteiger partial charge in [-0.25, -0.2) is 9.78 Å². The van der Waals surface area contributed by atoms with Crippen LogP contribution in [0.4, 0.5) is 0 Å². The number of halogens is 1. The number of methoxy groups -OCH3 is 1. The van der Waals surface area contributed by atoms with E-state index in [-0.39, 0.29) is 11.9 Å². The summed E-state index contributed by atoms with van der Waals surface area (Å²) in [5.41, 5.74) is 3.08. The van der Waals surface area contributed by atoms with E-state index in [1.165, 1.54) is 7.11 Å². The van der Waals surface area contributed by atoms with Crippen LogP contribution in [0.25, 0.3) is 5.69 Å². The molecular weight excluding hydrogens is 390 g/mol. The van der Waals surface area contributed by atoms with Gasteiger partial charge >= 0.3 is 5.97 Å². The fourth-order valence-corrected chi connectivity index (χ4v) is 3.46. The highest BCUT2D eigenvalue weighted by molar-refractivity contribution is 6.32. The molecule has 150 valence electrons. The molecule has 2 aromatic carbocycles. The van der Waals surface area contributed by atoms with Gasteiger partial charge < -0.3 is 10.1 Å². The van der Waals surface area contributed by atoms with Crippen molar-refractivity contribution in [2.75, 3.05) is 7.11 Å². The Balaban J connectivity index is 1.88. The van der Waals surface area contributed by atoms with E-state index in [0.29, 0.717) is 33.5 Å². The number of esters is 1. The number of rotatable bonds is 5. The first-order chi connectivity index (χ1) is 13.8. The highest BCUT2D eigenvalue weighted by Crippen LogP contribution is 2.25. The molecule has 7 heteroatoms. The molecule has 1 atom stereocenters. The molecule has 0 aliphatic carbocycles. The minimum Gasteiger partial charge on any atom is -0.465 e. The summed E-state index contributed by atoms with van der Waals surface area (Å²) >= 11 is 6.35. The molecule has 29 heavy (non-hydrogen) atoms. The zero-order valence-electron chi connectivity index (χ0n) is 16.7. The van der Waals surface area contributed by atoms with E-state index in [1.54, 1.807) is 41.8 Å². The Labute approximate surface area is 174 Å². The van der Waals surface area contributed by atoms with Gasteiger partial charge in [0.1, 0.15) is 11.5 Å². The predicted octanol–water partition coefficient (Wildman–Crippen LogP) is 4.42. The molecule has 0 saturated heterocycles. The van der Waals surface area contributed by atoms with Gasteiger partial charge in [-0.1, -0.05) is 35.9 Å². The first-order valence-electron chi connectivity index (χ1n) is 9.13. The summed E-state index contributed by atoms with van der Waals surface area (Å²) in [4.78, 5) is 29.1. The minimum atomic E-state index is -0.400. The number of carbonyl (C=O) groups excluding carboxylic acids is 2. The van der Waals surface area contributed by atoms with Crippen LogP contribution in [0, 0.1) is 13.8 Å². The van der Waals surface area contributed by atoms with E-state index >= 15 is 0 Å². The number of aryl methyl sites for hydroxylation is 2. The molecule has 0 aliphatic rings. The normalized spacial score (nSPS) is 11.8. The van der Waals surface area contributed by atoms with Crippen LogP contribution in [-0.2, 0) is 4.74 Å². The van der Waals surface area contributed by atoms with Gasteiger partial charge in [0, 0.05) is 0 Å². The number of carbonyl (C=O) groups is 2. The monoisotopic (exact) mass is 411 g/mol. The number of hydrogen-bond acceptors (Lipinski definition) is 4. The summed E-state index contributed by atoms with van der Waals surface area (Å²) < 4.78 is 6.47. The molecule has 6 nitrogen and oxygen atoms in total. The first-order valence-corrected chi connectivity index (χ1v) is 9.51. The Hall–Kier alpha value is -3.12. The van der Waals surface area contributed by atoms with Crippen molar-refractivity contribution < 1.29 is 14.3 Å². The van der Waals surface area contributed by atoms with Crippen molar-refractivity contribution in [3.8, 4) is 5.69 Å². The summed E-state index contributed by atoms with van der Waals surface area (Å²) in [6.07, 6.45) is 0. The van der Waals surface area contributed by atoms with Gasteiger partial charge in [-0.2, -0.15) is 0 Å². The molecule has 0 spiro atoms. The highest BCUT2D eigenvalue weighted by atomic mass is 35.5. The molecule has 3 aromatic rings. The fourth-order valence-electron chi connectivity index (χ4n) is 3.24. The minimum absolute atomic E-state index is 0.257. The maximum atomic E-state index is 13.1. The number of amides is 1. The van der Waals surface area contributed by atoms with Gasteiger partial charge in [0.05, 0.1) is 35.1 Å². The maximum absolute atomic E-state index is 13.1. The maximum Gasteiger partial charge on any atom is 0.337 e. The third-order valence-corrected chi connectivity index (χ3v) is 5.03. The number of nitrogens with zero attached hydrogens (tertiary/aromatic N) is 2. The quantitative estimate of drug-likeness (QED) is 0.631. The van der Waals surface area contributed by atoms with E-state index in [0.717, 1.165) is 5.56 Å². The number of benzene rings is 2. The van der Waals surface area contributed by atoms with Gasteiger partial charge in [-0.15, -0.1) is 0 Å². The molecule has 1 heterocycles. The number of hydrogen-bond donors (Lipinski definition) is 1. The van der Waals surface area contributed by atoms with Crippen molar-refractivity contribution in [2.45, 2.75) is 26.8 Å². The van der Waals surface area contributed by atoms with Crippen LogP contribution < -0.4 is 5.32 Å². The molecule has 0 unspecified atom stereocenters. The predicted molar refractivity (Wildman–Crippen MR) is 112 cm³/mol. The number of para-hydroxylation sites is 1. The third-order valence-electron chi connectivity index (χ3n) is 4.71. The summed E-state index contributed by atoms with van der Waals surface area (Å²) in [6, 6.07) is 14.0. The standard InChI is InChI=1S/C22H22ClN3O3/c1-13(16-9-11-17(12-10-16)22(28)29-4)25-21(27)20-14(2)24-15(3)26(20)19-8-6-5-7-18(19)23/h5-13H,1-4H3,(H,25,27)/t13-/m0/s1. The highest BCUT2D eigenvalue weighted by Gasteiger charge is 2.23. The second-order valence-corrected chi connectivity index (χ2v) is 7.10. The van der Waals surface area contributed by atoms with Crippen LogP contribution in [0.5, 0.6) is 0 Å². The van der Waals surface area contributed by atoms with Gasteiger partial charge in [0.15, 0.2) is 0 Å². The number of nitrogens with one attached hydrogen (secondary N) is 1. The smallest absolute Gasteiger partial charge is 0.337 e. The van der Waals surface area contributed by atoms with Crippen LogP contribution in [0.2, 0.25) is 5.02 Å². The molecule has 1 amide bonds. The largest absolute Gasteiger partial charge is 0.465 e. The van der Waals surface area contributed by atoms with Gasteiger partial charge in [-0.3, -0.25) is 9.36 Å². The topological polar surface area (TPSA) is 73.2 Å². The summed E-state index contributed by atoms with van der Waals surface area (Å²) in [6.45, 7) is 5.51. The zero-order valence-corrected chi connectivity index (χ0v) is 17.4. The van der Waals surface area contributed by atoms with Crippen molar-refractivity contribution >= 4 is 23.5 Å².